The van der Waals surface area contributed by atoms with Gasteiger partial charge in [0.25, 0.3) is 5.91 Å². The van der Waals surface area contributed by atoms with E-state index < -0.39 is 0 Å². The van der Waals surface area contributed by atoms with Crippen molar-refractivity contribution in [1.82, 2.24) is 5.32 Å². The van der Waals surface area contributed by atoms with Crippen molar-refractivity contribution >= 4 is 11.6 Å². The van der Waals surface area contributed by atoms with E-state index in [4.69, 9.17) is 5.73 Å². The molecule has 0 spiro atoms. The van der Waals surface area contributed by atoms with Gasteiger partial charge in [0.15, 0.2) is 0 Å². The van der Waals surface area contributed by atoms with Gasteiger partial charge in [-0.3, -0.25) is 4.79 Å². The number of rotatable bonds is 2. The number of hydrogen-bond donors (Lipinski definition) is 3. The number of amides is 1. The fourth-order valence-electron chi connectivity index (χ4n) is 2.86. The summed E-state index contributed by atoms with van der Waals surface area (Å²) in [5.41, 5.74) is 10.1. The molecule has 0 saturated heterocycles. The van der Waals surface area contributed by atoms with Crippen LogP contribution in [0.1, 0.15) is 39.5 Å². The summed E-state index contributed by atoms with van der Waals surface area (Å²) >= 11 is 0. The lowest BCUT2D eigenvalue weighted by Crippen LogP contribution is -2.27. The Kier molecular flexibility index (Phi) is 3.29. The Balaban J connectivity index is 1.81. The van der Waals surface area contributed by atoms with E-state index in [1.807, 2.05) is 31.2 Å². The first-order valence-electron chi connectivity index (χ1n) is 7.03. The Morgan fingerprint density at radius 3 is 2.86 bits per heavy atom. The first-order valence-corrected chi connectivity index (χ1v) is 7.03. The van der Waals surface area contributed by atoms with Crippen molar-refractivity contribution in [3.8, 4) is 5.75 Å². The van der Waals surface area contributed by atoms with E-state index in [1.165, 1.54) is 5.56 Å². The maximum atomic E-state index is 12.3. The highest BCUT2D eigenvalue weighted by molar-refractivity contribution is 5.97. The van der Waals surface area contributed by atoms with Crippen LogP contribution in [0.5, 0.6) is 5.75 Å². The molecule has 0 bridgehead atoms. The van der Waals surface area contributed by atoms with Crippen molar-refractivity contribution in [3.05, 3.63) is 58.7 Å². The Bertz CT molecular complexity index is 710. The summed E-state index contributed by atoms with van der Waals surface area (Å²) in [4.78, 5) is 12.3. The minimum atomic E-state index is -0.248. The highest BCUT2D eigenvalue weighted by Crippen LogP contribution is 2.33. The molecule has 2 aromatic rings. The molecule has 1 unspecified atom stereocenters. The molecule has 1 atom stereocenters. The summed E-state index contributed by atoms with van der Waals surface area (Å²) in [5.74, 6) is -0.231. The fraction of sp³-hybridized carbons (Fsp3) is 0.235. The van der Waals surface area contributed by atoms with Crippen LogP contribution < -0.4 is 11.1 Å². The van der Waals surface area contributed by atoms with E-state index >= 15 is 0 Å². The maximum Gasteiger partial charge on any atom is 0.255 e. The van der Waals surface area contributed by atoms with E-state index in [0.717, 1.165) is 29.7 Å². The lowest BCUT2D eigenvalue weighted by molar-refractivity contribution is 0.0934. The number of aromatic hydroxyl groups is 1. The number of fused-ring (bicyclic) bond motifs is 1. The number of benzene rings is 2. The average Bonchev–Trinajstić information content (AvgIpc) is 2.80. The smallest absolute Gasteiger partial charge is 0.255 e. The van der Waals surface area contributed by atoms with E-state index in [2.05, 4.69) is 5.32 Å². The van der Waals surface area contributed by atoms with Gasteiger partial charge in [-0.25, -0.2) is 0 Å². The molecule has 1 aliphatic carbocycles. The summed E-state index contributed by atoms with van der Waals surface area (Å²) in [5, 5.41) is 12.9. The molecule has 0 fully saturated rings. The monoisotopic (exact) mass is 282 g/mol. The number of phenolic OH excluding ortho intramolecular Hbond substituents is 1. The first kappa shape index (κ1) is 13.5. The molecule has 108 valence electrons. The number of phenols is 1. The third-order valence-corrected chi connectivity index (χ3v) is 3.95. The van der Waals surface area contributed by atoms with Crippen molar-refractivity contribution < 1.29 is 9.90 Å². The van der Waals surface area contributed by atoms with Crippen molar-refractivity contribution in [3.63, 3.8) is 0 Å². The minimum absolute atomic E-state index is 0.0167. The largest absolute Gasteiger partial charge is 0.507 e. The Morgan fingerprint density at radius 2 is 2.10 bits per heavy atom. The molecule has 0 aliphatic heterocycles. The zero-order valence-corrected chi connectivity index (χ0v) is 11.9. The van der Waals surface area contributed by atoms with Crippen LogP contribution in [0.25, 0.3) is 0 Å². The van der Waals surface area contributed by atoms with Crippen LogP contribution in [0.3, 0.4) is 0 Å². The van der Waals surface area contributed by atoms with E-state index in [0.29, 0.717) is 5.56 Å². The van der Waals surface area contributed by atoms with Gasteiger partial charge in [-0.05, 0) is 60.7 Å². The van der Waals surface area contributed by atoms with Crippen LogP contribution in [0.15, 0.2) is 36.4 Å². The van der Waals surface area contributed by atoms with Crippen LogP contribution >= 0.6 is 0 Å². The summed E-state index contributed by atoms with van der Waals surface area (Å²) in [6.07, 6.45) is 1.77. The molecule has 3 rings (SSSR count). The highest BCUT2D eigenvalue weighted by Gasteiger charge is 2.25. The predicted molar refractivity (Wildman–Crippen MR) is 82.2 cm³/mol. The topological polar surface area (TPSA) is 75.4 Å². The standard InChI is InChI=1S/C17H18N2O2/c1-10-2-5-14(16(20)8-10)17(21)19-15-7-3-11-9-12(18)4-6-13(11)15/h2,4-6,8-9,15,20H,3,7,18H2,1H3,(H,19,21). The Morgan fingerprint density at radius 1 is 1.29 bits per heavy atom. The van der Waals surface area contributed by atoms with Gasteiger partial charge in [0, 0.05) is 5.69 Å². The number of aryl methyl sites for hydroxylation is 2. The molecule has 4 N–H and O–H groups in total. The van der Waals surface area contributed by atoms with Crippen LogP contribution in [0.4, 0.5) is 5.69 Å². The van der Waals surface area contributed by atoms with Gasteiger partial charge in [-0.2, -0.15) is 0 Å². The van der Waals surface area contributed by atoms with Crippen LogP contribution in [0.2, 0.25) is 0 Å². The van der Waals surface area contributed by atoms with Crippen molar-refractivity contribution in [1.29, 1.82) is 0 Å². The van der Waals surface area contributed by atoms with Crippen LogP contribution in [-0.2, 0) is 6.42 Å². The molecule has 1 amide bonds. The van der Waals surface area contributed by atoms with Gasteiger partial charge < -0.3 is 16.2 Å². The molecule has 0 radical (unpaired) electrons. The maximum absolute atomic E-state index is 12.3. The van der Waals surface area contributed by atoms with Crippen molar-refractivity contribution in [2.45, 2.75) is 25.8 Å². The SMILES string of the molecule is Cc1ccc(C(=O)NC2CCc3cc(N)ccc32)c(O)c1. The zero-order chi connectivity index (χ0) is 15.0. The van der Waals surface area contributed by atoms with Gasteiger partial charge in [-0.1, -0.05) is 12.1 Å². The van der Waals surface area contributed by atoms with Crippen LogP contribution in [0, 0.1) is 6.92 Å². The van der Waals surface area contributed by atoms with Gasteiger partial charge in [-0.15, -0.1) is 0 Å². The van der Waals surface area contributed by atoms with Crippen molar-refractivity contribution in [2.24, 2.45) is 0 Å². The normalized spacial score (nSPS) is 16.5. The first-order chi connectivity index (χ1) is 10.0. The second-order valence-electron chi connectivity index (χ2n) is 5.54. The zero-order valence-electron chi connectivity index (χ0n) is 11.9. The number of nitrogen functional groups attached to an aromatic ring is 1. The quantitative estimate of drug-likeness (QED) is 0.741. The van der Waals surface area contributed by atoms with Gasteiger partial charge in [0.1, 0.15) is 5.75 Å². The van der Waals surface area contributed by atoms with E-state index in [-0.39, 0.29) is 17.7 Å². The molecule has 4 nitrogen and oxygen atoms in total. The number of carbonyl (C=O) groups excluding carboxylic acids is 1. The third-order valence-electron chi connectivity index (χ3n) is 3.95. The Hall–Kier alpha value is -2.49. The number of carbonyl (C=O) groups is 1. The molecule has 0 saturated carbocycles. The Labute approximate surface area is 123 Å². The lowest BCUT2D eigenvalue weighted by Gasteiger charge is -2.15. The summed E-state index contributed by atoms with van der Waals surface area (Å²) in [6.45, 7) is 1.87. The highest BCUT2D eigenvalue weighted by atomic mass is 16.3. The predicted octanol–water partition coefficient (Wildman–Crippen LogP) is 2.70. The van der Waals surface area contributed by atoms with Gasteiger partial charge in [0.05, 0.1) is 11.6 Å². The summed E-state index contributed by atoms with van der Waals surface area (Å²) in [6, 6.07) is 10.8. The van der Waals surface area contributed by atoms with E-state index in [1.54, 1.807) is 12.1 Å². The van der Waals surface area contributed by atoms with Crippen LogP contribution in [-0.4, -0.2) is 11.0 Å². The number of anilines is 1. The number of nitrogens with one attached hydrogen (secondary N) is 1. The molecular weight excluding hydrogens is 264 g/mol. The summed E-state index contributed by atoms with van der Waals surface area (Å²) < 4.78 is 0. The molecule has 21 heavy (non-hydrogen) atoms. The fourth-order valence-corrected chi connectivity index (χ4v) is 2.86. The third kappa shape index (κ3) is 2.57. The molecule has 0 aromatic heterocycles. The molecule has 0 heterocycles. The molecule has 4 heteroatoms. The van der Waals surface area contributed by atoms with Gasteiger partial charge in [0.2, 0.25) is 0 Å². The number of hydrogen-bond acceptors (Lipinski definition) is 3. The molecule has 1 aliphatic rings. The second-order valence-corrected chi connectivity index (χ2v) is 5.54. The second kappa shape index (κ2) is 5.13. The summed E-state index contributed by atoms with van der Waals surface area (Å²) in [7, 11) is 0. The lowest BCUT2D eigenvalue weighted by atomic mass is 10.1. The molecular formula is C17H18N2O2. The van der Waals surface area contributed by atoms with E-state index in [9.17, 15) is 9.90 Å². The number of nitrogens with two attached hydrogens (primary N) is 1. The van der Waals surface area contributed by atoms with Gasteiger partial charge >= 0.3 is 0 Å². The molecule has 2 aromatic carbocycles. The average molecular weight is 282 g/mol. The minimum Gasteiger partial charge on any atom is -0.507 e. The van der Waals surface area contributed by atoms with Crippen molar-refractivity contribution in [2.75, 3.05) is 5.73 Å².